The largest absolute Gasteiger partial charge is 0.387 e. The highest BCUT2D eigenvalue weighted by atomic mass is 79.9. The van der Waals surface area contributed by atoms with Crippen LogP contribution in [0.15, 0.2) is 22.7 Å². The van der Waals surface area contributed by atoms with Crippen LogP contribution in [0.5, 0.6) is 0 Å². The van der Waals surface area contributed by atoms with Crippen LogP contribution in [0.4, 0.5) is 0 Å². The van der Waals surface area contributed by atoms with Crippen LogP contribution in [0.2, 0.25) is 5.02 Å². The number of nitrogens with one attached hydrogen (secondary N) is 1. The van der Waals surface area contributed by atoms with E-state index in [1.165, 1.54) is 0 Å². The first-order valence-electron chi connectivity index (χ1n) is 3.36. The zero-order chi connectivity index (χ0) is 9.14. The number of hydrogen-bond acceptors (Lipinski definition) is 1. The lowest BCUT2D eigenvalue weighted by molar-refractivity contribution is 1.24. The minimum absolute atomic E-state index is 0. The fraction of sp³-hybridized carbons (Fsp3) is 0.125. The summed E-state index contributed by atoms with van der Waals surface area (Å²) in [5.74, 6) is 0.120. The van der Waals surface area contributed by atoms with Gasteiger partial charge in [0.25, 0.3) is 0 Å². The van der Waals surface area contributed by atoms with Gasteiger partial charge in [-0.15, -0.1) is 12.4 Å². The first-order chi connectivity index (χ1) is 5.59. The van der Waals surface area contributed by atoms with Gasteiger partial charge in [-0.3, -0.25) is 5.41 Å². The fourth-order valence-electron chi connectivity index (χ4n) is 0.884. The van der Waals surface area contributed by atoms with E-state index in [4.69, 9.17) is 22.7 Å². The van der Waals surface area contributed by atoms with Crippen molar-refractivity contribution in [3.63, 3.8) is 0 Å². The molecule has 1 aromatic carbocycles. The molecule has 0 spiro atoms. The molecule has 0 fully saturated rings. The van der Waals surface area contributed by atoms with Gasteiger partial charge >= 0.3 is 0 Å². The molecule has 0 aliphatic heterocycles. The molecule has 0 aliphatic rings. The number of benzene rings is 1. The van der Waals surface area contributed by atoms with Crippen molar-refractivity contribution in [2.24, 2.45) is 5.73 Å². The Balaban J connectivity index is 0.00000144. The Kier molecular flexibility index (Phi) is 5.37. The second-order valence-electron chi connectivity index (χ2n) is 2.44. The lowest BCUT2D eigenvalue weighted by atomic mass is 10.1. The maximum atomic E-state index is 7.10. The van der Waals surface area contributed by atoms with Crippen LogP contribution >= 0.6 is 39.9 Å². The molecule has 5 heteroatoms. The third-order valence-electron chi connectivity index (χ3n) is 1.39. The van der Waals surface area contributed by atoms with E-state index in [0.717, 1.165) is 10.0 Å². The van der Waals surface area contributed by atoms with Crippen LogP contribution in [-0.2, 0) is 6.42 Å². The van der Waals surface area contributed by atoms with Gasteiger partial charge in [-0.1, -0.05) is 27.5 Å². The topological polar surface area (TPSA) is 49.9 Å². The molecule has 0 aliphatic carbocycles. The zero-order valence-electron chi connectivity index (χ0n) is 6.68. The normalized spacial score (nSPS) is 9.08. The van der Waals surface area contributed by atoms with Gasteiger partial charge in [-0.05, 0) is 23.8 Å². The second-order valence-corrected chi connectivity index (χ2v) is 3.76. The standard InChI is InChI=1S/C8H8BrClN2.ClH/c9-6-1-2-7(10)5(3-6)4-8(11)12;/h1-3H,4H2,(H3,11,12);1H. The van der Waals surface area contributed by atoms with Gasteiger partial charge in [0.2, 0.25) is 0 Å². The number of hydrogen-bond donors (Lipinski definition) is 2. The third kappa shape index (κ3) is 3.98. The Labute approximate surface area is 96.5 Å². The van der Waals surface area contributed by atoms with Crippen molar-refractivity contribution < 1.29 is 0 Å². The average molecular weight is 284 g/mol. The Hall–Kier alpha value is -0.250. The zero-order valence-corrected chi connectivity index (χ0v) is 9.84. The number of amidine groups is 1. The summed E-state index contributed by atoms with van der Waals surface area (Å²) >= 11 is 9.18. The van der Waals surface area contributed by atoms with Gasteiger partial charge in [0, 0.05) is 15.9 Å². The van der Waals surface area contributed by atoms with Crippen molar-refractivity contribution in [1.82, 2.24) is 0 Å². The van der Waals surface area contributed by atoms with E-state index in [2.05, 4.69) is 15.9 Å². The predicted molar refractivity (Wildman–Crippen MR) is 62.0 cm³/mol. The van der Waals surface area contributed by atoms with E-state index in [1.807, 2.05) is 12.1 Å². The van der Waals surface area contributed by atoms with Crippen molar-refractivity contribution in [2.45, 2.75) is 6.42 Å². The second kappa shape index (κ2) is 5.47. The first kappa shape index (κ1) is 12.8. The molecule has 0 aromatic heterocycles. The maximum Gasteiger partial charge on any atom is 0.0950 e. The van der Waals surface area contributed by atoms with Crippen molar-refractivity contribution in [3.05, 3.63) is 33.3 Å². The van der Waals surface area contributed by atoms with E-state index in [9.17, 15) is 0 Å². The molecular weight excluding hydrogens is 275 g/mol. The monoisotopic (exact) mass is 282 g/mol. The Bertz CT molecular complexity index is 315. The van der Waals surface area contributed by atoms with Crippen LogP contribution in [0.25, 0.3) is 0 Å². The lowest BCUT2D eigenvalue weighted by Gasteiger charge is -2.02. The summed E-state index contributed by atoms with van der Waals surface area (Å²) in [6.45, 7) is 0. The van der Waals surface area contributed by atoms with Gasteiger partial charge in [0.15, 0.2) is 0 Å². The molecule has 0 saturated heterocycles. The highest BCUT2D eigenvalue weighted by Crippen LogP contribution is 2.21. The molecule has 1 rings (SSSR count). The summed E-state index contributed by atoms with van der Waals surface area (Å²) in [7, 11) is 0. The van der Waals surface area contributed by atoms with Gasteiger partial charge in [-0.25, -0.2) is 0 Å². The molecule has 3 N–H and O–H groups in total. The highest BCUT2D eigenvalue weighted by molar-refractivity contribution is 9.10. The maximum absolute atomic E-state index is 7.10. The fourth-order valence-corrected chi connectivity index (χ4v) is 1.48. The van der Waals surface area contributed by atoms with Crippen LogP contribution in [0.3, 0.4) is 0 Å². The van der Waals surface area contributed by atoms with Crippen LogP contribution in [-0.4, -0.2) is 5.84 Å². The summed E-state index contributed by atoms with van der Waals surface area (Å²) in [6.07, 6.45) is 0.401. The summed E-state index contributed by atoms with van der Waals surface area (Å²) in [4.78, 5) is 0. The molecule has 1 aromatic rings. The Morgan fingerprint density at radius 1 is 1.54 bits per heavy atom. The van der Waals surface area contributed by atoms with Crippen molar-refractivity contribution in [1.29, 1.82) is 5.41 Å². The number of rotatable bonds is 2. The van der Waals surface area contributed by atoms with Gasteiger partial charge in [-0.2, -0.15) is 0 Å². The van der Waals surface area contributed by atoms with Gasteiger partial charge < -0.3 is 5.73 Å². The Morgan fingerprint density at radius 2 is 2.15 bits per heavy atom. The third-order valence-corrected chi connectivity index (χ3v) is 2.25. The smallest absolute Gasteiger partial charge is 0.0950 e. The van der Waals surface area contributed by atoms with Crippen molar-refractivity contribution >= 4 is 45.8 Å². The lowest BCUT2D eigenvalue weighted by Crippen LogP contribution is -2.12. The minimum atomic E-state index is 0. The van der Waals surface area contributed by atoms with Gasteiger partial charge in [0.1, 0.15) is 0 Å². The molecule has 2 nitrogen and oxygen atoms in total. The molecular formula is C8H9BrCl2N2. The van der Waals surface area contributed by atoms with E-state index in [-0.39, 0.29) is 18.2 Å². The molecule has 0 amide bonds. The quantitative estimate of drug-likeness (QED) is 0.636. The Morgan fingerprint density at radius 3 is 2.69 bits per heavy atom. The average Bonchev–Trinajstić information content (AvgIpc) is 1.96. The molecule has 72 valence electrons. The van der Waals surface area contributed by atoms with Crippen LogP contribution in [0.1, 0.15) is 5.56 Å². The summed E-state index contributed by atoms with van der Waals surface area (Å²) < 4.78 is 0.947. The SMILES string of the molecule is Cl.N=C(N)Cc1cc(Br)ccc1Cl. The van der Waals surface area contributed by atoms with Crippen molar-refractivity contribution in [2.75, 3.05) is 0 Å². The molecule has 0 unspecified atom stereocenters. The molecule has 0 radical (unpaired) electrons. The van der Waals surface area contributed by atoms with E-state index in [0.29, 0.717) is 11.4 Å². The van der Waals surface area contributed by atoms with Crippen molar-refractivity contribution in [3.8, 4) is 0 Å². The van der Waals surface area contributed by atoms with E-state index >= 15 is 0 Å². The highest BCUT2D eigenvalue weighted by Gasteiger charge is 2.01. The summed E-state index contributed by atoms with van der Waals surface area (Å²) in [5, 5.41) is 7.75. The first-order valence-corrected chi connectivity index (χ1v) is 4.53. The molecule has 0 bridgehead atoms. The molecule has 0 saturated carbocycles. The van der Waals surface area contributed by atoms with E-state index in [1.54, 1.807) is 6.07 Å². The molecule has 13 heavy (non-hydrogen) atoms. The number of nitrogens with two attached hydrogens (primary N) is 1. The summed E-state index contributed by atoms with van der Waals surface area (Å²) in [6, 6.07) is 5.50. The molecule has 0 atom stereocenters. The molecule has 0 heterocycles. The predicted octanol–water partition coefficient (Wildman–Crippen LogP) is 3.00. The van der Waals surface area contributed by atoms with Crippen LogP contribution < -0.4 is 5.73 Å². The number of halogens is 3. The van der Waals surface area contributed by atoms with E-state index < -0.39 is 0 Å². The minimum Gasteiger partial charge on any atom is -0.387 e. The summed E-state index contributed by atoms with van der Waals surface area (Å²) in [5.41, 5.74) is 6.13. The van der Waals surface area contributed by atoms with Gasteiger partial charge in [0.05, 0.1) is 5.84 Å². The van der Waals surface area contributed by atoms with Crippen LogP contribution in [0, 0.1) is 5.41 Å².